The molecule has 0 bridgehead atoms. The van der Waals surface area contributed by atoms with Gasteiger partial charge < -0.3 is 5.32 Å². The molecule has 2 heteroatoms. The van der Waals surface area contributed by atoms with E-state index in [0.29, 0.717) is 12.3 Å². The van der Waals surface area contributed by atoms with E-state index in [1.807, 2.05) is 0 Å². The third-order valence-electron chi connectivity index (χ3n) is 4.02. The first kappa shape index (κ1) is 14.1. The van der Waals surface area contributed by atoms with Crippen LogP contribution in [0.2, 0.25) is 0 Å². The van der Waals surface area contributed by atoms with Gasteiger partial charge in [0.05, 0.1) is 6.04 Å². The zero-order chi connectivity index (χ0) is 13.7. The Balaban J connectivity index is 1.95. The molecule has 0 saturated heterocycles. The van der Waals surface area contributed by atoms with Crippen molar-refractivity contribution in [3.8, 4) is 0 Å². The summed E-state index contributed by atoms with van der Waals surface area (Å²) in [7, 11) is 0. The number of aryl methyl sites for hydroxylation is 1. The summed E-state index contributed by atoms with van der Waals surface area (Å²) < 4.78 is 0. The van der Waals surface area contributed by atoms with E-state index in [1.54, 1.807) is 0 Å². The van der Waals surface area contributed by atoms with Crippen LogP contribution in [0.1, 0.15) is 63.1 Å². The molecule has 0 radical (unpaired) electrons. The average molecular weight is 259 g/mol. The van der Waals surface area contributed by atoms with Gasteiger partial charge in [0.2, 0.25) is 5.91 Å². The molecule has 0 fully saturated rings. The minimum atomic E-state index is 0.211. The molecule has 2 nitrogen and oxygen atoms in total. The molecule has 1 N–H and O–H groups in total. The van der Waals surface area contributed by atoms with Crippen molar-refractivity contribution in [3.63, 3.8) is 0 Å². The van der Waals surface area contributed by atoms with Crippen LogP contribution in [-0.4, -0.2) is 5.91 Å². The topological polar surface area (TPSA) is 29.1 Å². The first-order chi connectivity index (χ1) is 9.20. The molecule has 0 aromatic heterocycles. The minimum absolute atomic E-state index is 0.211. The van der Waals surface area contributed by atoms with Crippen LogP contribution in [0.15, 0.2) is 24.3 Å². The molecule has 1 amide bonds. The van der Waals surface area contributed by atoms with Gasteiger partial charge in [0.15, 0.2) is 0 Å². The van der Waals surface area contributed by atoms with Crippen LogP contribution in [0, 0.1) is 5.92 Å². The molecule has 0 saturated carbocycles. The molecule has 1 aromatic rings. The van der Waals surface area contributed by atoms with Gasteiger partial charge in [0, 0.05) is 6.42 Å². The number of carbonyl (C=O) groups excluding carboxylic acids is 1. The molecule has 2 rings (SSSR count). The Morgan fingerprint density at radius 2 is 2.21 bits per heavy atom. The van der Waals surface area contributed by atoms with Crippen LogP contribution in [0.25, 0.3) is 0 Å². The third-order valence-corrected chi connectivity index (χ3v) is 4.02. The predicted octanol–water partition coefficient (Wildman–Crippen LogP) is 4.01. The number of nitrogens with one attached hydrogen (secondary N) is 1. The predicted molar refractivity (Wildman–Crippen MR) is 79.0 cm³/mol. The molecule has 1 aliphatic carbocycles. The second-order valence-electron chi connectivity index (χ2n) is 5.81. The highest BCUT2D eigenvalue weighted by Crippen LogP contribution is 2.29. The molecular formula is C17H25NO. The Kier molecular flexibility index (Phi) is 5.00. The monoisotopic (exact) mass is 259 g/mol. The summed E-state index contributed by atoms with van der Waals surface area (Å²) in [6, 6.07) is 8.74. The van der Waals surface area contributed by atoms with E-state index in [9.17, 15) is 4.79 Å². The summed E-state index contributed by atoms with van der Waals surface area (Å²) >= 11 is 0. The number of carbonyl (C=O) groups is 1. The Bertz CT molecular complexity index is 427. The standard InChI is InChI=1S/C17H25NO/c1-3-7-13(2)12-17(19)18-16-11-6-9-14-8-4-5-10-15(14)16/h4-5,8,10,13,16H,3,6-7,9,11-12H2,1-2H3,(H,18,19). The highest BCUT2D eigenvalue weighted by molar-refractivity contribution is 5.76. The van der Waals surface area contributed by atoms with E-state index in [0.717, 1.165) is 25.7 Å². The van der Waals surface area contributed by atoms with Crippen molar-refractivity contribution in [2.75, 3.05) is 0 Å². The van der Waals surface area contributed by atoms with E-state index >= 15 is 0 Å². The van der Waals surface area contributed by atoms with Crippen molar-refractivity contribution in [1.29, 1.82) is 0 Å². The molecule has 2 unspecified atom stereocenters. The van der Waals surface area contributed by atoms with Crippen molar-refractivity contribution in [2.45, 2.75) is 58.4 Å². The SMILES string of the molecule is CCCC(C)CC(=O)NC1CCCc2ccccc21. The Labute approximate surface area is 116 Å². The molecule has 1 aliphatic rings. The molecule has 19 heavy (non-hydrogen) atoms. The van der Waals surface area contributed by atoms with Gasteiger partial charge in [-0.3, -0.25) is 4.79 Å². The van der Waals surface area contributed by atoms with E-state index in [2.05, 4.69) is 43.4 Å². The first-order valence-electron chi connectivity index (χ1n) is 7.58. The Hall–Kier alpha value is -1.31. The minimum Gasteiger partial charge on any atom is -0.349 e. The maximum absolute atomic E-state index is 12.1. The van der Waals surface area contributed by atoms with Crippen molar-refractivity contribution in [3.05, 3.63) is 35.4 Å². The molecule has 0 aliphatic heterocycles. The average Bonchev–Trinajstić information content (AvgIpc) is 2.39. The highest BCUT2D eigenvalue weighted by Gasteiger charge is 2.21. The van der Waals surface area contributed by atoms with E-state index < -0.39 is 0 Å². The number of rotatable bonds is 5. The first-order valence-corrected chi connectivity index (χ1v) is 7.58. The lowest BCUT2D eigenvalue weighted by Gasteiger charge is -2.26. The largest absolute Gasteiger partial charge is 0.349 e. The Morgan fingerprint density at radius 1 is 1.42 bits per heavy atom. The van der Waals surface area contributed by atoms with Gasteiger partial charge in [-0.1, -0.05) is 51.0 Å². The summed E-state index contributed by atoms with van der Waals surface area (Å²) in [5.41, 5.74) is 2.73. The fourth-order valence-corrected chi connectivity index (χ4v) is 3.07. The number of hydrogen-bond donors (Lipinski definition) is 1. The van der Waals surface area contributed by atoms with Crippen molar-refractivity contribution >= 4 is 5.91 Å². The fourth-order valence-electron chi connectivity index (χ4n) is 3.07. The number of hydrogen-bond acceptors (Lipinski definition) is 1. The Morgan fingerprint density at radius 3 is 3.00 bits per heavy atom. The van der Waals surface area contributed by atoms with Gasteiger partial charge in [-0.2, -0.15) is 0 Å². The summed E-state index contributed by atoms with van der Waals surface area (Å²) in [4.78, 5) is 12.1. The van der Waals surface area contributed by atoms with Crippen molar-refractivity contribution < 1.29 is 4.79 Å². The van der Waals surface area contributed by atoms with E-state index in [4.69, 9.17) is 0 Å². The molecular weight excluding hydrogens is 234 g/mol. The fraction of sp³-hybridized carbons (Fsp3) is 0.588. The number of amides is 1. The van der Waals surface area contributed by atoms with Gasteiger partial charge >= 0.3 is 0 Å². The van der Waals surface area contributed by atoms with Crippen LogP contribution in [0.4, 0.5) is 0 Å². The number of fused-ring (bicyclic) bond motifs is 1. The second-order valence-corrected chi connectivity index (χ2v) is 5.81. The van der Waals surface area contributed by atoms with Gasteiger partial charge in [-0.05, 0) is 36.3 Å². The smallest absolute Gasteiger partial charge is 0.220 e. The lowest BCUT2D eigenvalue weighted by molar-refractivity contribution is -0.122. The zero-order valence-corrected chi connectivity index (χ0v) is 12.1. The third kappa shape index (κ3) is 3.82. The highest BCUT2D eigenvalue weighted by atomic mass is 16.1. The zero-order valence-electron chi connectivity index (χ0n) is 12.1. The molecule has 104 valence electrons. The van der Waals surface area contributed by atoms with Gasteiger partial charge in [0.25, 0.3) is 0 Å². The quantitative estimate of drug-likeness (QED) is 0.850. The van der Waals surface area contributed by atoms with Crippen molar-refractivity contribution in [1.82, 2.24) is 5.32 Å². The molecule has 0 heterocycles. The second kappa shape index (κ2) is 6.74. The van der Waals surface area contributed by atoms with Crippen molar-refractivity contribution in [2.24, 2.45) is 5.92 Å². The molecule has 2 atom stereocenters. The number of benzene rings is 1. The van der Waals surface area contributed by atoms with Crippen LogP contribution in [0.5, 0.6) is 0 Å². The van der Waals surface area contributed by atoms with Crippen LogP contribution in [-0.2, 0) is 11.2 Å². The summed E-state index contributed by atoms with van der Waals surface area (Å²) in [6.45, 7) is 4.34. The van der Waals surface area contributed by atoms with Crippen LogP contribution < -0.4 is 5.32 Å². The molecule has 0 spiro atoms. The van der Waals surface area contributed by atoms with E-state index in [-0.39, 0.29) is 11.9 Å². The maximum Gasteiger partial charge on any atom is 0.220 e. The van der Waals surface area contributed by atoms with Gasteiger partial charge in [-0.15, -0.1) is 0 Å². The van der Waals surface area contributed by atoms with Gasteiger partial charge in [0.1, 0.15) is 0 Å². The summed E-state index contributed by atoms with van der Waals surface area (Å²) in [5, 5.41) is 3.23. The lowest BCUT2D eigenvalue weighted by atomic mass is 9.87. The van der Waals surface area contributed by atoms with Crippen LogP contribution in [0.3, 0.4) is 0 Å². The summed E-state index contributed by atoms with van der Waals surface area (Å²) in [6.07, 6.45) is 6.34. The summed E-state index contributed by atoms with van der Waals surface area (Å²) in [5.74, 6) is 0.700. The lowest BCUT2D eigenvalue weighted by Crippen LogP contribution is -2.31. The maximum atomic E-state index is 12.1. The normalized spacial score (nSPS) is 19.6. The van der Waals surface area contributed by atoms with Crippen LogP contribution >= 0.6 is 0 Å². The molecule has 1 aromatic carbocycles. The van der Waals surface area contributed by atoms with E-state index in [1.165, 1.54) is 17.5 Å². The van der Waals surface area contributed by atoms with Gasteiger partial charge in [-0.25, -0.2) is 0 Å².